The summed E-state index contributed by atoms with van der Waals surface area (Å²) >= 11 is 5.90. The summed E-state index contributed by atoms with van der Waals surface area (Å²) in [6.45, 7) is 6.60. The highest BCUT2D eigenvalue weighted by molar-refractivity contribution is 6.33. The number of Topliss-reactive ketones (excluding diaryl/α,β-unsaturated/α-hetero) is 1. The van der Waals surface area contributed by atoms with Gasteiger partial charge in [-0.05, 0) is 20.8 Å². The summed E-state index contributed by atoms with van der Waals surface area (Å²) in [5.41, 5.74) is 0.431. The third kappa shape index (κ3) is 2.58. The molecule has 0 saturated heterocycles. The average Bonchev–Trinajstić information content (AvgIpc) is 2.58. The van der Waals surface area contributed by atoms with Gasteiger partial charge in [-0.1, -0.05) is 11.6 Å². The van der Waals surface area contributed by atoms with Crippen molar-refractivity contribution >= 4 is 17.4 Å². The van der Waals surface area contributed by atoms with Crippen LogP contribution in [0.4, 0.5) is 0 Å². The van der Waals surface area contributed by atoms with E-state index in [4.69, 9.17) is 16.3 Å². The number of aromatic nitrogens is 2. The minimum atomic E-state index is -0.477. The SMILES string of the molecule is CCOC(C)C(=O)c1c(Cl)cnn1CC. The number of hydrogen-bond acceptors (Lipinski definition) is 3. The number of carbonyl (C=O) groups is 1. The fourth-order valence-corrected chi connectivity index (χ4v) is 1.60. The zero-order valence-electron chi connectivity index (χ0n) is 9.16. The Morgan fingerprint density at radius 1 is 1.67 bits per heavy atom. The number of ether oxygens (including phenoxy) is 1. The Bertz CT molecular complexity index is 349. The number of hydrogen-bond donors (Lipinski definition) is 0. The van der Waals surface area contributed by atoms with E-state index < -0.39 is 6.10 Å². The first-order valence-corrected chi connectivity index (χ1v) is 5.36. The van der Waals surface area contributed by atoms with Gasteiger partial charge in [-0.15, -0.1) is 0 Å². The molecule has 1 atom stereocenters. The average molecular weight is 231 g/mol. The standard InChI is InChI=1S/C10H15ClN2O2/c1-4-13-9(8(11)6-12-13)10(14)7(3)15-5-2/h6-7H,4-5H2,1-3H3. The highest BCUT2D eigenvalue weighted by Gasteiger charge is 2.22. The second-order valence-electron chi connectivity index (χ2n) is 3.12. The minimum Gasteiger partial charge on any atom is -0.371 e. The molecule has 1 aromatic heterocycles. The van der Waals surface area contributed by atoms with Crippen LogP contribution >= 0.6 is 11.6 Å². The second kappa shape index (κ2) is 5.28. The van der Waals surface area contributed by atoms with Crippen molar-refractivity contribution in [2.45, 2.75) is 33.4 Å². The molecule has 0 aromatic carbocycles. The molecule has 0 saturated carbocycles. The van der Waals surface area contributed by atoms with Crippen LogP contribution in [0.5, 0.6) is 0 Å². The maximum atomic E-state index is 11.9. The summed E-state index contributed by atoms with van der Waals surface area (Å²) in [6, 6.07) is 0. The maximum absolute atomic E-state index is 11.9. The summed E-state index contributed by atoms with van der Waals surface area (Å²) in [5.74, 6) is -0.124. The van der Waals surface area contributed by atoms with E-state index >= 15 is 0 Å². The van der Waals surface area contributed by atoms with Gasteiger partial charge < -0.3 is 4.74 Å². The van der Waals surface area contributed by atoms with Gasteiger partial charge in [0.2, 0.25) is 5.78 Å². The lowest BCUT2D eigenvalue weighted by molar-refractivity contribution is 0.0511. The van der Waals surface area contributed by atoms with Gasteiger partial charge in [0.1, 0.15) is 11.8 Å². The summed E-state index contributed by atoms with van der Waals surface area (Å²) in [5, 5.41) is 4.39. The van der Waals surface area contributed by atoms with Crippen LogP contribution in [-0.2, 0) is 11.3 Å². The molecule has 1 unspecified atom stereocenters. The van der Waals surface area contributed by atoms with Gasteiger partial charge in [-0.3, -0.25) is 9.48 Å². The predicted molar refractivity (Wildman–Crippen MR) is 58.3 cm³/mol. The zero-order chi connectivity index (χ0) is 11.4. The van der Waals surface area contributed by atoms with Crippen LogP contribution in [0, 0.1) is 0 Å². The molecule has 0 aliphatic rings. The monoisotopic (exact) mass is 230 g/mol. The van der Waals surface area contributed by atoms with Crippen LogP contribution < -0.4 is 0 Å². The van der Waals surface area contributed by atoms with Crippen LogP contribution in [0.2, 0.25) is 5.02 Å². The first-order valence-electron chi connectivity index (χ1n) is 4.98. The van der Waals surface area contributed by atoms with Crippen molar-refractivity contribution in [3.8, 4) is 0 Å². The molecule has 0 N–H and O–H groups in total. The van der Waals surface area contributed by atoms with Crippen LogP contribution in [-0.4, -0.2) is 28.3 Å². The Labute approximate surface area is 94.2 Å². The molecule has 1 aromatic rings. The normalized spacial score (nSPS) is 12.8. The fourth-order valence-electron chi connectivity index (χ4n) is 1.37. The molecule has 0 radical (unpaired) electrons. The van der Waals surface area contributed by atoms with E-state index in [-0.39, 0.29) is 5.78 Å². The minimum absolute atomic E-state index is 0.124. The van der Waals surface area contributed by atoms with Crippen molar-refractivity contribution < 1.29 is 9.53 Å². The molecule has 0 fully saturated rings. The number of ketones is 1. The topological polar surface area (TPSA) is 44.1 Å². The van der Waals surface area contributed by atoms with Gasteiger partial charge in [0.05, 0.1) is 11.2 Å². The largest absolute Gasteiger partial charge is 0.371 e. The molecule has 0 aliphatic carbocycles. The molecule has 1 rings (SSSR count). The Hall–Kier alpha value is -0.870. The molecule has 0 amide bonds. The van der Waals surface area contributed by atoms with Crippen molar-refractivity contribution in [2.75, 3.05) is 6.61 Å². The van der Waals surface area contributed by atoms with E-state index in [0.29, 0.717) is 23.9 Å². The van der Waals surface area contributed by atoms with E-state index in [0.717, 1.165) is 0 Å². The van der Waals surface area contributed by atoms with Crippen LogP contribution in [0.25, 0.3) is 0 Å². The van der Waals surface area contributed by atoms with Crippen LogP contribution in [0.1, 0.15) is 31.3 Å². The number of nitrogens with zero attached hydrogens (tertiary/aromatic N) is 2. The Kier molecular flexibility index (Phi) is 4.29. The second-order valence-corrected chi connectivity index (χ2v) is 3.53. The Balaban J connectivity index is 2.94. The van der Waals surface area contributed by atoms with E-state index in [9.17, 15) is 4.79 Å². The van der Waals surface area contributed by atoms with E-state index in [2.05, 4.69) is 5.10 Å². The molecule has 5 heteroatoms. The van der Waals surface area contributed by atoms with Gasteiger partial charge in [0.15, 0.2) is 0 Å². The van der Waals surface area contributed by atoms with Crippen molar-refractivity contribution in [2.24, 2.45) is 0 Å². The number of rotatable bonds is 5. The molecular formula is C10H15ClN2O2. The highest BCUT2D eigenvalue weighted by atomic mass is 35.5. The van der Waals surface area contributed by atoms with Crippen molar-refractivity contribution in [3.05, 3.63) is 16.9 Å². The molecule has 0 aliphatic heterocycles. The van der Waals surface area contributed by atoms with Crippen LogP contribution in [0.15, 0.2) is 6.20 Å². The molecule has 0 bridgehead atoms. The lowest BCUT2D eigenvalue weighted by Crippen LogP contribution is -2.24. The third-order valence-electron chi connectivity index (χ3n) is 2.11. The lowest BCUT2D eigenvalue weighted by Gasteiger charge is -2.11. The van der Waals surface area contributed by atoms with Gasteiger partial charge >= 0.3 is 0 Å². The van der Waals surface area contributed by atoms with Crippen molar-refractivity contribution in [1.29, 1.82) is 0 Å². The van der Waals surface area contributed by atoms with Gasteiger partial charge in [-0.25, -0.2) is 0 Å². The summed E-state index contributed by atoms with van der Waals surface area (Å²) in [4.78, 5) is 11.9. The van der Waals surface area contributed by atoms with Gasteiger partial charge in [-0.2, -0.15) is 5.10 Å². The molecule has 0 spiro atoms. The van der Waals surface area contributed by atoms with E-state index in [1.54, 1.807) is 11.6 Å². The smallest absolute Gasteiger partial charge is 0.210 e. The molecule has 84 valence electrons. The zero-order valence-corrected chi connectivity index (χ0v) is 9.91. The maximum Gasteiger partial charge on any atom is 0.210 e. The predicted octanol–water partition coefficient (Wildman–Crippen LogP) is 2.16. The van der Waals surface area contributed by atoms with E-state index in [1.807, 2.05) is 13.8 Å². The van der Waals surface area contributed by atoms with Gasteiger partial charge in [0.25, 0.3) is 0 Å². The summed E-state index contributed by atoms with van der Waals surface area (Å²) in [7, 11) is 0. The number of aryl methyl sites for hydroxylation is 1. The van der Waals surface area contributed by atoms with E-state index in [1.165, 1.54) is 6.20 Å². The molecular weight excluding hydrogens is 216 g/mol. The number of carbonyl (C=O) groups excluding carboxylic acids is 1. The number of halogens is 1. The van der Waals surface area contributed by atoms with Crippen LogP contribution in [0.3, 0.4) is 0 Å². The molecule has 15 heavy (non-hydrogen) atoms. The summed E-state index contributed by atoms with van der Waals surface area (Å²) < 4.78 is 6.82. The molecule has 4 nitrogen and oxygen atoms in total. The highest BCUT2D eigenvalue weighted by Crippen LogP contribution is 2.17. The van der Waals surface area contributed by atoms with Crippen molar-refractivity contribution in [3.63, 3.8) is 0 Å². The summed E-state index contributed by atoms with van der Waals surface area (Å²) in [6.07, 6.45) is 1.01. The first kappa shape index (κ1) is 12.2. The lowest BCUT2D eigenvalue weighted by atomic mass is 10.2. The third-order valence-corrected chi connectivity index (χ3v) is 2.39. The van der Waals surface area contributed by atoms with Crippen molar-refractivity contribution in [1.82, 2.24) is 9.78 Å². The Morgan fingerprint density at radius 3 is 2.87 bits per heavy atom. The fraction of sp³-hybridized carbons (Fsp3) is 0.600. The Morgan fingerprint density at radius 2 is 2.33 bits per heavy atom. The molecule has 1 heterocycles. The van der Waals surface area contributed by atoms with Gasteiger partial charge in [0, 0.05) is 13.2 Å². The quantitative estimate of drug-likeness (QED) is 0.729. The first-order chi connectivity index (χ1) is 7.11.